The van der Waals surface area contributed by atoms with E-state index in [2.05, 4.69) is 11.1 Å². The summed E-state index contributed by atoms with van der Waals surface area (Å²) in [6, 6.07) is 13.5. The number of hydrogen-bond acceptors (Lipinski definition) is 3. The van der Waals surface area contributed by atoms with Crippen LogP contribution in [0.1, 0.15) is 11.3 Å². The van der Waals surface area contributed by atoms with E-state index in [1.165, 1.54) is 0 Å². The summed E-state index contributed by atoms with van der Waals surface area (Å²) in [5.74, 6) is 0. The summed E-state index contributed by atoms with van der Waals surface area (Å²) in [4.78, 5) is 6.03. The Morgan fingerprint density at radius 3 is 2.89 bits per heavy atom. The Bertz CT molecular complexity index is 590. The van der Waals surface area contributed by atoms with Crippen molar-refractivity contribution in [2.45, 2.75) is 6.54 Å². The number of nitriles is 1. The molecule has 18 heavy (non-hydrogen) atoms. The topological polar surface area (TPSA) is 39.9 Å². The summed E-state index contributed by atoms with van der Waals surface area (Å²) in [6.07, 6.45) is 1.62. The van der Waals surface area contributed by atoms with Crippen LogP contribution in [0, 0.1) is 11.3 Å². The molecular weight excluding hydrogens is 246 g/mol. The van der Waals surface area contributed by atoms with Crippen LogP contribution in [0.4, 0.5) is 5.69 Å². The minimum absolute atomic E-state index is 0.432. The number of rotatable bonds is 3. The molecule has 0 amide bonds. The highest BCUT2D eigenvalue weighted by Crippen LogP contribution is 2.19. The van der Waals surface area contributed by atoms with Gasteiger partial charge in [0.1, 0.15) is 6.07 Å². The Morgan fingerprint density at radius 2 is 2.17 bits per heavy atom. The van der Waals surface area contributed by atoms with Crippen molar-refractivity contribution in [2.24, 2.45) is 0 Å². The van der Waals surface area contributed by atoms with Gasteiger partial charge in [-0.05, 0) is 29.8 Å². The molecule has 0 aliphatic rings. The molecule has 0 aliphatic heterocycles. The zero-order valence-corrected chi connectivity index (χ0v) is 10.7. The van der Waals surface area contributed by atoms with Crippen LogP contribution in [0.2, 0.25) is 5.02 Å². The van der Waals surface area contributed by atoms with Gasteiger partial charge in [0.2, 0.25) is 0 Å². The molecule has 4 heteroatoms. The van der Waals surface area contributed by atoms with Crippen LogP contribution in [0.5, 0.6) is 0 Å². The molecule has 0 atom stereocenters. The van der Waals surface area contributed by atoms with Gasteiger partial charge in [0.05, 0.1) is 5.69 Å². The van der Waals surface area contributed by atoms with Gasteiger partial charge in [0.25, 0.3) is 0 Å². The van der Waals surface area contributed by atoms with Gasteiger partial charge in [-0.15, -0.1) is 0 Å². The van der Waals surface area contributed by atoms with Crippen LogP contribution in [0.15, 0.2) is 42.6 Å². The molecule has 90 valence electrons. The average molecular weight is 258 g/mol. The van der Waals surface area contributed by atoms with Crippen molar-refractivity contribution in [3.63, 3.8) is 0 Å². The van der Waals surface area contributed by atoms with Crippen molar-refractivity contribution >= 4 is 17.3 Å². The number of pyridine rings is 1. The third kappa shape index (κ3) is 2.79. The molecule has 0 bridgehead atoms. The Hall–Kier alpha value is -2.05. The van der Waals surface area contributed by atoms with E-state index in [1.807, 2.05) is 48.3 Å². The number of anilines is 1. The first kappa shape index (κ1) is 12.4. The fraction of sp³-hybridized carbons (Fsp3) is 0.143. The van der Waals surface area contributed by atoms with Gasteiger partial charge >= 0.3 is 0 Å². The van der Waals surface area contributed by atoms with Crippen LogP contribution in [-0.2, 0) is 6.54 Å². The van der Waals surface area contributed by atoms with E-state index in [4.69, 9.17) is 16.9 Å². The van der Waals surface area contributed by atoms with E-state index in [-0.39, 0.29) is 0 Å². The summed E-state index contributed by atoms with van der Waals surface area (Å²) in [6.45, 7) is 0.681. The van der Waals surface area contributed by atoms with Crippen LogP contribution in [0.25, 0.3) is 0 Å². The molecule has 0 unspecified atom stereocenters. The third-order valence-corrected chi connectivity index (χ3v) is 2.85. The van der Waals surface area contributed by atoms with Crippen LogP contribution in [-0.4, -0.2) is 12.0 Å². The van der Waals surface area contributed by atoms with Gasteiger partial charge in [-0.3, -0.25) is 0 Å². The monoisotopic (exact) mass is 257 g/mol. The van der Waals surface area contributed by atoms with Crippen molar-refractivity contribution in [1.29, 1.82) is 5.26 Å². The van der Waals surface area contributed by atoms with Crippen molar-refractivity contribution in [1.82, 2.24) is 4.98 Å². The van der Waals surface area contributed by atoms with E-state index < -0.39 is 0 Å². The number of benzene rings is 1. The van der Waals surface area contributed by atoms with Crippen molar-refractivity contribution in [2.75, 3.05) is 11.9 Å². The average Bonchev–Trinajstić information content (AvgIpc) is 2.38. The second-order valence-corrected chi connectivity index (χ2v) is 4.41. The maximum Gasteiger partial charge on any atom is 0.163 e. The summed E-state index contributed by atoms with van der Waals surface area (Å²) in [7, 11) is 1.93. The van der Waals surface area contributed by atoms with Crippen molar-refractivity contribution in [3.8, 4) is 6.07 Å². The van der Waals surface area contributed by atoms with Gasteiger partial charge in [0, 0.05) is 24.8 Å². The van der Waals surface area contributed by atoms with Gasteiger partial charge in [-0.25, -0.2) is 4.98 Å². The highest BCUT2D eigenvalue weighted by Gasteiger charge is 2.08. The minimum Gasteiger partial charge on any atom is -0.368 e. The quantitative estimate of drug-likeness (QED) is 0.847. The summed E-state index contributed by atoms with van der Waals surface area (Å²) < 4.78 is 0. The van der Waals surface area contributed by atoms with Gasteiger partial charge in [0.15, 0.2) is 5.69 Å². The standard InChI is InChI=1S/C14H12ClN3/c1-18(10-11-4-2-5-12(15)8-11)14-6-3-7-17-13(14)9-16/h2-8H,10H2,1H3. The van der Waals surface area contributed by atoms with Gasteiger partial charge < -0.3 is 4.90 Å². The van der Waals surface area contributed by atoms with E-state index in [9.17, 15) is 0 Å². The summed E-state index contributed by atoms with van der Waals surface area (Å²) in [5, 5.41) is 9.73. The van der Waals surface area contributed by atoms with Crippen LogP contribution >= 0.6 is 11.6 Å². The third-order valence-electron chi connectivity index (χ3n) is 2.61. The van der Waals surface area contributed by atoms with E-state index in [0.717, 1.165) is 11.3 Å². The lowest BCUT2D eigenvalue weighted by Crippen LogP contribution is -2.17. The maximum atomic E-state index is 9.02. The SMILES string of the molecule is CN(Cc1cccc(Cl)c1)c1cccnc1C#N. The van der Waals surface area contributed by atoms with Crippen molar-refractivity contribution < 1.29 is 0 Å². The molecule has 1 aromatic heterocycles. The smallest absolute Gasteiger partial charge is 0.163 e. The predicted octanol–water partition coefficient (Wildman–Crippen LogP) is 3.24. The van der Waals surface area contributed by atoms with Crippen LogP contribution < -0.4 is 4.90 Å². The number of halogens is 1. The molecule has 1 aromatic carbocycles. The zero-order chi connectivity index (χ0) is 13.0. The molecule has 2 rings (SSSR count). The number of hydrogen-bond donors (Lipinski definition) is 0. The molecule has 0 saturated heterocycles. The van der Waals surface area contributed by atoms with Gasteiger partial charge in [-0.1, -0.05) is 23.7 Å². The first-order valence-electron chi connectivity index (χ1n) is 5.51. The molecule has 0 saturated carbocycles. The summed E-state index contributed by atoms with van der Waals surface area (Å²) >= 11 is 5.95. The molecule has 2 aromatic rings. The molecule has 0 fully saturated rings. The number of nitrogens with zero attached hydrogens (tertiary/aromatic N) is 3. The molecule has 1 heterocycles. The fourth-order valence-electron chi connectivity index (χ4n) is 1.79. The highest BCUT2D eigenvalue weighted by molar-refractivity contribution is 6.30. The molecule has 0 radical (unpaired) electrons. The normalized spacial score (nSPS) is 9.83. The molecule has 0 aliphatic carbocycles. The number of aromatic nitrogens is 1. The largest absolute Gasteiger partial charge is 0.368 e. The molecular formula is C14H12ClN3. The minimum atomic E-state index is 0.432. The summed E-state index contributed by atoms with van der Waals surface area (Å²) in [5.41, 5.74) is 2.35. The zero-order valence-electron chi connectivity index (χ0n) is 9.97. The first-order chi connectivity index (χ1) is 8.70. The van der Waals surface area contributed by atoms with Crippen molar-refractivity contribution in [3.05, 3.63) is 58.9 Å². The first-order valence-corrected chi connectivity index (χ1v) is 5.89. The van der Waals surface area contributed by atoms with Gasteiger partial charge in [-0.2, -0.15) is 5.26 Å². The maximum absolute atomic E-state index is 9.02. The Kier molecular flexibility index (Phi) is 3.81. The van der Waals surface area contributed by atoms with E-state index in [1.54, 1.807) is 6.20 Å². The Morgan fingerprint density at radius 1 is 1.33 bits per heavy atom. The lowest BCUT2D eigenvalue weighted by Gasteiger charge is -2.19. The second-order valence-electron chi connectivity index (χ2n) is 3.97. The van der Waals surface area contributed by atoms with Crippen LogP contribution in [0.3, 0.4) is 0 Å². The lowest BCUT2D eigenvalue weighted by molar-refractivity contribution is 0.914. The molecule has 0 N–H and O–H groups in total. The molecule has 0 spiro atoms. The predicted molar refractivity (Wildman–Crippen MR) is 72.5 cm³/mol. The Balaban J connectivity index is 2.22. The fourth-order valence-corrected chi connectivity index (χ4v) is 2.00. The second kappa shape index (κ2) is 5.52. The van der Waals surface area contributed by atoms with E-state index in [0.29, 0.717) is 17.3 Å². The molecule has 3 nitrogen and oxygen atoms in total. The lowest BCUT2D eigenvalue weighted by atomic mass is 10.2. The van der Waals surface area contributed by atoms with E-state index >= 15 is 0 Å². The highest BCUT2D eigenvalue weighted by atomic mass is 35.5. The Labute approximate surface area is 111 Å².